The third-order valence-electron chi connectivity index (χ3n) is 4.67. The largest absolute Gasteiger partial charge is 0.493 e. The van der Waals surface area contributed by atoms with Crippen LogP contribution in [0.25, 0.3) is 0 Å². The Bertz CT molecular complexity index is 795. The molecule has 0 bridgehead atoms. The van der Waals surface area contributed by atoms with Crippen molar-refractivity contribution in [2.45, 2.75) is 26.8 Å². The van der Waals surface area contributed by atoms with Gasteiger partial charge in [-0.05, 0) is 43.5 Å². The van der Waals surface area contributed by atoms with E-state index in [1.54, 1.807) is 28.1 Å². The lowest BCUT2D eigenvalue weighted by atomic mass is 9.95. The first kappa shape index (κ1) is 21.8. The second kappa shape index (κ2) is 8.67. The molecule has 0 spiro atoms. The summed E-state index contributed by atoms with van der Waals surface area (Å²) in [5.41, 5.74) is 1.22. The van der Waals surface area contributed by atoms with Crippen molar-refractivity contribution in [1.29, 1.82) is 0 Å². The summed E-state index contributed by atoms with van der Waals surface area (Å²) in [7, 11) is -0.374. The highest BCUT2D eigenvalue weighted by molar-refractivity contribution is 7.89. The van der Waals surface area contributed by atoms with Gasteiger partial charge in [-0.25, -0.2) is 8.42 Å². The van der Waals surface area contributed by atoms with Gasteiger partial charge in [-0.1, -0.05) is 0 Å². The van der Waals surface area contributed by atoms with Gasteiger partial charge in [-0.15, -0.1) is 11.6 Å². The topological polar surface area (TPSA) is 84.9 Å². The number of amides is 1. The number of carbonyl (C=O) groups excluding carboxylic acids is 1. The third-order valence-corrected chi connectivity index (χ3v) is 7.16. The van der Waals surface area contributed by atoms with Crippen LogP contribution in [-0.4, -0.2) is 57.6 Å². The SMILES string of the molecule is COc1cc2c(cc1OC)CN(S(=O)(=O)CCNC(=O)C(C)(C)CCl)CC2. The molecule has 1 aromatic carbocycles. The van der Waals surface area contributed by atoms with Crippen molar-refractivity contribution >= 4 is 27.5 Å². The maximum atomic E-state index is 12.7. The Labute approximate surface area is 166 Å². The zero-order chi connectivity index (χ0) is 20.2. The van der Waals surface area contributed by atoms with Gasteiger partial charge < -0.3 is 14.8 Å². The zero-order valence-corrected chi connectivity index (χ0v) is 17.7. The summed E-state index contributed by atoms with van der Waals surface area (Å²) < 4.78 is 37.4. The van der Waals surface area contributed by atoms with Crippen LogP contribution in [0, 0.1) is 5.41 Å². The summed E-state index contributed by atoms with van der Waals surface area (Å²) >= 11 is 5.77. The molecule has 152 valence electrons. The smallest absolute Gasteiger partial charge is 0.226 e. The van der Waals surface area contributed by atoms with Gasteiger partial charge in [0.05, 0.1) is 25.4 Å². The molecule has 9 heteroatoms. The average Bonchev–Trinajstić information content (AvgIpc) is 2.65. The Balaban J connectivity index is 2.04. The number of methoxy groups -OCH3 is 2. The van der Waals surface area contributed by atoms with Gasteiger partial charge in [0.25, 0.3) is 0 Å². The van der Waals surface area contributed by atoms with Gasteiger partial charge in [0.1, 0.15) is 0 Å². The summed E-state index contributed by atoms with van der Waals surface area (Å²) in [5.74, 6) is 0.969. The summed E-state index contributed by atoms with van der Waals surface area (Å²) in [6, 6.07) is 3.72. The van der Waals surface area contributed by atoms with E-state index in [2.05, 4.69) is 5.32 Å². The lowest BCUT2D eigenvalue weighted by molar-refractivity contribution is -0.128. The predicted octanol–water partition coefficient (Wildman–Crippen LogP) is 1.77. The first-order valence-corrected chi connectivity index (χ1v) is 10.8. The Morgan fingerprint density at radius 1 is 1.22 bits per heavy atom. The summed E-state index contributed by atoms with van der Waals surface area (Å²) in [6.45, 7) is 4.15. The number of alkyl halides is 1. The number of ether oxygens (including phenoxy) is 2. The molecule has 2 rings (SSSR count). The minimum Gasteiger partial charge on any atom is -0.493 e. The fourth-order valence-electron chi connectivity index (χ4n) is 2.82. The number of halogens is 1. The number of sulfonamides is 1. The fraction of sp³-hybridized carbons (Fsp3) is 0.611. The highest BCUT2D eigenvalue weighted by Crippen LogP contribution is 2.33. The average molecular weight is 419 g/mol. The molecule has 7 nitrogen and oxygen atoms in total. The van der Waals surface area contributed by atoms with Gasteiger partial charge >= 0.3 is 0 Å². The quantitative estimate of drug-likeness (QED) is 0.650. The number of rotatable bonds is 8. The molecule has 0 unspecified atom stereocenters. The van der Waals surface area contributed by atoms with Crippen molar-refractivity contribution in [3.8, 4) is 11.5 Å². The van der Waals surface area contributed by atoms with Crippen LogP contribution >= 0.6 is 11.6 Å². The molecule has 0 saturated carbocycles. The highest BCUT2D eigenvalue weighted by atomic mass is 35.5. The monoisotopic (exact) mass is 418 g/mol. The molecule has 1 aliphatic rings. The van der Waals surface area contributed by atoms with E-state index in [1.807, 2.05) is 12.1 Å². The predicted molar refractivity (Wildman–Crippen MR) is 105 cm³/mol. The Kier molecular flexibility index (Phi) is 6.99. The lowest BCUT2D eigenvalue weighted by Gasteiger charge is -2.29. The van der Waals surface area contributed by atoms with E-state index < -0.39 is 15.4 Å². The Morgan fingerprint density at radius 2 is 1.81 bits per heavy atom. The van der Waals surface area contributed by atoms with Crippen LogP contribution in [0.4, 0.5) is 0 Å². The van der Waals surface area contributed by atoms with Crippen LogP contribution in [0.1, 0.15) is 25.0 Å². The van der Waals surface area contributed by atoms with E-state index >= 15 is 0 Å². The molecule has 1 aliphatic heterocycles. The van der Waals surface area contributed by atoms with Crippen LogP contribution in [0.3, 0.4) is 0 Å². The summed E-state index contributed by atoms with van der Waals surface area (Å²) in [4.78, 5) is 12.0. The minimum atomic E-state index is -3.50. The molecule has 0 aliphatic carbocycles. The highest BCUT2D eigenvalue weighted by Gasteiger charge is 2.29. The third kappa shape index (κ3) is 5.06. The number of benzene rings is 1. The standard InChI is InChI=1S/C18H27ClN2O5S/c1-18(2,12-19)17(22)20-6-8-27(23,24)21-7-5-13-9-15(25-3)16(26-4)10-14(13)11-21/h9-10H,5-8,11-12H2,1-4H3,(H,20,22). The molecule has 1 N–H and O–H groups in total. The number of hydrogen-bond acceptors (Lipinski definition) is 5. The van der Waals surface area contributed by atoms with Gasteiger partial charge in [0.15, 0.2) is 11.5 Å². The van der Waals surface area contributed by atoms with Crippen molar-refractivity contribution in [2.24, 2.45) is 5.41 Å². The van der Waals surface area contributed by atoms with E-state index in [1.165, 1.54) is 4.31 Å². The van der Waals surface area contributed by atoms with Gasteiger partial charge in [0, 0.05) is 25.5 Å². The van der Waals surface area contributed by atoms with Gasteiger partial charge in [-0.2, -0.15) is 4.31 Å². The van der Waals surface area contributed by atoms with E-state index in [0.717, 1.165) is 11.1 Å². The van der Waals surface area contributed by atoms with E-state index in [4.69, 9.17) is 21.1 Å². The maximum absolute atomic E-state index is 12.7. The van der Waals surface area contributed by atoms with Crippen molar-refractivity contribution in [1.82, 2.24) is 9.62 Å². The number of hydrogen-bond donors (Lipinski definition) is 1. The first-order valence-electron chi connectivity index (χ1n) is 8.70. The fourth-order valence-corrected chi connectivity index (χ4v) is 4.26. The normalized spacial score (nSPS) is 15.1. The van der Waals surface area contributed by atoms with E-state index in [-0.39, 0.29) is 30.6 Å². The van der Waals surface area contributed by atoms with Crippen molar-refractivity contribution < 1.29 is 22.7 Å². The molecule has 1 heterocycles. The van der Waals surface area contributed by atoms with Gasteiger partial charge in [-0.3, -0.25) is 4.79 Å². The molecular weight excluding hydrogens is 392 g/mol. The van der Waals surface area contributed by atoms with Crippen molar-refractivity contribution in [3.05, 3.63) is 23.3 Å². The number of nitrogens with one attached hydrogen (secondary N) is 1. The molecule has 27 heavy (non-hydrogen) atoms. The molecule has 0 radical (unpaired) electrons. The van der Waals surface area contributed by atoms with Gasteiger partial charge in [0.2, 0.25) is 15.9 Å². The van der Waals surface area contributed by atoms with Crippen LogP contribution < -0.4 is 14.8 Å². The second-order valence-corrected chi connectivity index (χ2v) is 9.50. The van der Waals surface area contributed by atoms with Crippen molar-refractivity contribution in [3.63, 3.8) is 0 Å². The van der Waals surface area contributed by atoms with Crippen LogP contribution in [0.5, 0.6) is 11.5 Å². The van der Waals surface area contributed by atoms with E-state index in [9.17, 15) is 13.2 Å². The van der Waals surface area contributed by atoms with Crippen LogP contribution in [-0.2, 0) is 27.8 Å². The molecule has 1 amide bonds. The Morgan fingerprint density at radius 3 is 2.37 bits per heavy atom. The number of carbonyl (C=O) groups is 1. The maximum Gasteiger partial charge on any atom is 0.226 e. The molecule has 1 aromatic rings. The second-order valence-electron chi connectivity index (χ2n) is 7.15. The first-order chi connectivity index (χ1) is 12.6. The van der Waals surface area contributed by atoms with E-state index in [0.29, 0.717) is 24.5 Å². The molecular formula is C18H27ClN2O5S. The summed E-state index contributed by atoms with van der Waals surface area (Å²) in [6.07, 6.45) is 0.598. The number of nitrogens with zero attached hydrogens (tertiary/aromatic N) is 1. The zero-order valence-electron chi connectivity index (χ0n) is 16.2. The van der Waals surface area contributed by atoms with Crippen LogP contribution in [0.15, 0.2) is 12.1 Å². The molecule has 0 fully saturated rings. The molecule has 0 saturated heterocycles. The lowest BCUT2D eigenvalue weighted by Crippen LogP contribution is -2.43. The summed E-state index contributed by atoms with van der Waals surface area (Å²) in [5, 5.41) is 2.66. The van der Waals surface area contributed by atoms with Crippen LogP contribution in [0.2, 0.25) is 0 Å². The molecule has 0 aromatic heterocycles. The molecule has 0 atom stereocenters. The minimum absolute atomic E-state index is 0.0524. The Hall–Kier alpha value is -1.51. The number of fused-ring (bicyclic) bond motifs is 1. The van der Waals surface area contributed by atoms with Crippen molar-refractivity contribution in [2.75, 3.05) is 38.9 Å².